The first-order chi connectivity index (χ1) is 15.2. The van der Waals surface area contributed by atoms with Crippen LogP contribution in [-0.4, -0.2) is 32.0 Å². The Labute approximate surface area is 178 Å². The molecule has 8 nitrogen and oxygen atoms in total. The van der Waals surface area contributed by atoms with E-state index in [4.69, 9.17) is 0 Å². The lowest BCUT2D eigenvalue weighted by molar-refractivity contribution is -0.116. The maximum Gasteiger partial charge on any atom is 0.251 e. The predicted octanol–water partition coefficient (Wildman–Crippen LogP) is 3.16. The van der Waals surface area contributed by atoms with Crippen LogP contribution in [-0.2, 0) is 4.79 Å². The topological polar surface area (TPSA) is 102 Å². The van der Waals surface area contributed by atoms with Crippen LogP contribution >= 0.6 is 0 Å². The number of tetrazole rings is 1. The number of rotatable bonds is 7. The number of carbonyl (C=O) groups excluding carboxylic acids is 2. The second kappa shape index (κ2) is 9.45. The molecule has 0 aliphatic rings. The normalized spacial score (nSPS) is 11.5. The van der Waals surface area contributed by atoms with Gasteiger partial charge in [-0.2, -0.15) is 0 Å². The molecule has 1 atom stereocenters. The summed E-state index contributed by atoms with van der Waals surface area (Å²) < 4.78 is 1.50. The second-order valence-corrected chi connectivity index (χ2v) is 6.86. The Balaban J connectivity index is 1.48. The maximum atomic E-state index is 12.8. The third-order valence-corrected chi connectivity index (χ3v) is 4.68. The highest BCUT2D eigenvalue weighted by Crippen LogP contribution is 2.20. The van der Waals surface area contributed by atoms with Gasteiger partial charge in [-0.25, -0.2) is 4.68 Å². The van der Waals surface area contributed by atoms with Gasteiger partial charge in [0.25, 0.3) is 5.91 Å². The predicted molar refractivity (Wildman–Crippen MR) is 115 cm³/mol. The fourth-order valence-electron chi connectivity index (χ4n) is 3.17. The molecule has 31 heavy (non-hydrogen) atoms. The Morgan fingerprint density at radius 3 is 2.35 bits per heavy atom. The molecular formula is C23H20N6O2. The van der Waals surface area contributed by atoms with E-state index in [2.05, 4.69) is 26.2 Å². The van der Waals surface area contributed by atoms with Gasteiger partial charge in [0.15, 0.2) is 0 Å². The maximum absolute atomic E-state index is 12.8. The molecule has 4 rings (SSSR count). The zero-order valence-corrected chi connectivity index (χ0v) is 16.6. The number of amides is 2. The average molecular weight is 412 g/mol. The number of hydrogen-bond donors (Lipinski definition) is 2. The third kappa shape index (κ3) is 5.18. The van der Waals surface area contributed by atoms with Gasteiger partial charge in [0, 0.05) is 11.3 Å². The molecule has 0 fully saturated rings. The summed E-state index contributed by atoms with van der Waals surface area (Å²) in [7, 11) is 0. The van der Waals surface area contributed by atoms with E-state index in [1.807, 2.05) is 42.5 Å². The van der Waals surface area contributed by atoms with E-state index in [9.17, 15) is 9.59 Å². The fourth-order valence-corrected chi connectivity index (χ4v) is 3.17. The number of hydrogen-bond acceptors (Lipinski definition) is 5. The van der Waals surface area contributed by atoms with Crippen LogP contribution in [0.5, 0.6) is 0 Å². The van der Waals surface area contributed by atoms with Gasteiger partial charge in [-0.05, 0) is 46.3 Å². The fraction of sp³-hybridized carbons (Fsp3) is 0.0870. The molecule has 0 unspecified atom stereocenters. The van der Waals surface area contributed by atoms with E-state index in [0.29, 0.717) is 11.3 Å². The molecule has 0 aliphatic carbocycles. The van der Waals surface area contributed by atoms with Crippen molar-refractivity contribution in [3.8, 4) is 5.69 Å². The molecule has 0 saturated carbocycles. The highest BCUT2D eigenvalue weighted by molar-refractivity contribution is 5.96. The molecule has 0 saturated heterocycles. The van der Waals surface area contributed by atoms with Gasteiger partial charge < -0.3 is 10.6 Å². The molecule has 0 bridgehead atoms. The molecule has 154 valence electrons. The highest BCUT2D eigenvalue weighted by Gasteiger charge is 2.19. The van der Waals surface area contributed by atoms with Crippen molar-refractivity contribution in [3.05, 3.63) is 102 Å². The molecular weight excluding hydrogens is 392 g/mol. The Hall–Kier alpha value is -4.33. The van der Waals surface area contributed by atoms with Gasteiger partial charge in [-0.15, -0.1) is 5.10 Å². The summed E-state index contributed by atoms with van der Waals surface area (Å²) in [5.74, 6) is -0.459. The molecule has 0 spiro atoms. The van der Waals surface area contributed by atoms with Crippen LogP contribution < -0.4 is 10.6 Å². The molecule has 1 aromatic heterocycles. The third-order valence-electron chi connectivity index (χ3n) is 4.68. The van der Waals surface area contributed by atoms with Gasteiger partial charge in [-0.3, -0.25) is 9.59 Å². The number of nitrogens with one attached hydrogen (secondary N) is 2. The minimum Gasteiger partial charge on any atom is -0.345 e. The summed E-state index contributed by atoms with van der Waals surface area (Å²) in [4.78, 5) is 25.5. The van der Waals surface area contributed by atoms with E-state index in [1.165, 1.54) is 11.0 Å². The number of aromatic nitrogens is 4. The van der Waals surface area contributed by atoms with Crippen LogP contribution in [0.4, 0.5) is 5.69 Å². The quantitative estimate of drug-likeness (QED) is 0.485. The van der Waals surface area contributed by atoms with Crippen LogP contribution in [0.25, 0.3) is 5.69 Å². The molecule has 1 heterocycles. The van der Waals surface area contributed by atoms with Crippen molar-refractivity contribution < 1.29 is 9.59 Å². The molecule has 2 amide bonds. The minimum atomic E-state index is -0.475. The molecule has 3 aromatic carbocycles. The van der Waals surface area contributed by atoms with E-state index in [-0.39, 0.29) is 18.2 Å². The van der Waals surface area contributed by atoms with Crippen LogP contribution in [0.2, 0.25) is 0 Å². The smallest absolute Gasteiger partial charge is 0.251 e. The molecule has 4 aromatic rings. The van der Waals surface area contributed by atoms with Crippen molar-refractivity contribution in [2.45, 2.75) is 12.5 Å². The van der Waals surface area contributed by atoms with Crippen molar-refractivity contribution in [1.82, 2.24) is 25.5 Å². The van der Waals surface area contributed by atoms with Crippen LogP contribution in [0, 0.1) is 0 Å². The van der Waals surface area contributed by atoms with Crippen LogP contribution in [0.1, 0.15) is 28.4 Å². The number of nitrogens with zero attached hydrogens (tertiary/aromatic N) is 4. The number of benzene rings is 3. The van der Waals surface area contributed by atoms with Gasteiger partial charge in [0.1, 0.15) is 6.33 Å². The monoisotopic (exact) mass is 412 g/mol. The Bertz CT molecular complexity index is 1150. The lowest BCUT2D eigenvalue weighted by Gasteiger charge is -2.19. The molecule has 2 N–H and O–H groups in total. The first kappa shape index (κ1) is 20.0. The zero-order chi connectivity index (χ0) is 21.5. The van der Waals surface area contributed by atoms with Crippen LogP contribution in [0.3, 0.4) is 0 Å². The first-order valence-electron chi connectivity index (χ1n) is 9.73. The van der Waals surface area contributed by atoms with Gasteiger partial charge >= 0.3 is 0 Å². The van der Waals surface area contributed by atoms with E-state index in [1.54, 1.807) is 42.5 Å². The van der Waals surface area contributed by atoms with E-state index < -0.39 is 6.04 Å². The lowest BCUT2D eigenvalue weighted by Crippen LogP contribution is -2.31. The molecule has 0 radical (unpaired) electrons. The summed E-state index contributed by atoms with van der Waals surface area (Å²) in [6.45, 7) is 0. The van der Waals surface area contributed by atoms with Gasteiger partial charge in [-0.1, -0.05) is 54.6 Å². The zero-order valence-electron chi connectivity index (χ0n) is 16.6. The Morgan fingerprint density at radius 2 is 1.65 bits per heavy atom. The summed E-state index contributed by atoms with van der Waals surface area (Å²) in [6.07, 6.45) is 1.56. The van der Waals surface area contributed by atoms with Gasteiger partial charge in [0.05, 0.1) is 18.2 Å². The van der Waals surface area contributed by atoms with Crippen molar-refractivity contribution in [2.24, 2.45) is 0 Å². The number of anilines is 1. The lowest BCUT2D eigenvalue weighted by atomic mass is 10.0. The highest BCUT2D eigenvalue weighted by atomic mass is 16.2. The SMILES string of the molecule is O=C(C[C@@H](NC(=O)c1ccccc1)c1ccccc1)Nc1cccc(-n2cnnn2)c1. The van der Waals surface area contributed by atoms with Crippen molar-refractivity contribution in [3.63, 3.8) is 0 Å². The Kier molecular flexibility index (Phi) is 6.08. The van der Waals surface area contributed by atoms with E-state index in [0.717, 1.165) is 11.3 Å². The second-order valence-electron chi connectivity index (χ2n) is 6.86. The largest absolute Gasteiger partial charge is 0.345 e. The summed E-state index contributed by atoms with van der Waals surface area (Å²) in [5, 5.41) is 16.9. The van der Waals surface area contributed by atoms with Crippen molar-refractivity contribution in [1.29, 1.82) is 0 Å². The van der Waals surface area contributed by atoms with Crippen LogP contribution in [0.15, 0.2) is 91.3 Å². The summed E-state index contributed by atoms with van der Waals surface area (Å²) in [6, 6.07) is 25.1. The van der Waals surface area contributed by atoms with E-state index >= 15 is 0 Å². The molecule has 8 heteroatoms. The first-order valence-corrected chi connectivity index (χ1v) is 9.73. The molecule has 0 aliphatic heterocycles. The standard InChI is InChI=1S/C23H20N6O2/c30-22(25-19-12-7-13-20(14-19)29-16-24-27-28-29)15-21(17-8-3-1-4-9-17)26-23(31)18-10-5-2-6-11-18/h1-14,16,21H,15H2,(H,25,30)(H,26,31)/t21-/m1/s1. The number of carbonyl (C=O) groups is 2. The minimum absolute atomic E-state index is 0.0810. The van der Waals surface area contributed by atoms with Gasteiger partial charge in [0.2, 0.25) is 5.91 Å². The summed E-state index contributed by atoms with van der Waals surface area (Å²) in [5.41, 5.74) is 2.72. The Morgan fingerprint density at radius 1 is 0.903 bits per heavy atom. The summed E-state index contributed by atoms with van der Waals surface area (Å²) >= 11 is 0. The average Bonchev–Trinajstić information content (AvgIpc) is 3.35. The van der Waals surface area contributed by atoms with Crippen molar-refractivity contribution >= 4 is 17.5 Å². The van der Waals surface area contributed by atoms with Crippen molar-refractivity contribution in [2.75, 3.05) is 5.32 Å².